The van der Waals surface area contributed by atoms with Crippen molar-refractivity contribution in [1.29, 1.82) is 0 Å². The van der Waals surface area contributed by atoms with E-state index in [1.165, 1.54) is 24.1 Å². The fourth-order valence-corrected chi connectivity index (χ4v) is 3.35. The van der Waals surface area contributed by atoms with Crippen molar-refractivity contribution < 1.29 is 18.6 Å². The number of ether oxygens (including phenoxy) is 3. The van der Waals surface area contributed by atoms with E-state index in [2.05, 4.69) is 4.72 Å². The lowest BCUT2D eigenvalue weighted by molar-refractivity contribution is 0.324. The van der Waals surface area contributed by atoms with E-state index in [1.54, 1.807) is 33.5 Å². The Balaban J connectivity index is 0.00000129. The van der Waals surface area contributed by atoms with Gasteiger partial charge in [-0.05, 0) is 71.6 Å². The van der Waals surface area contributed by atoms with E-state index in [9.17, 15) is 4.39 Å². The van der Waals surface area contributed by atoms with Crippen LogP contribution in [0.25, 0.3) is 12.2 Å². The fraction of sp³-hybridized carbons (Fsp3) is 0.259. The second-order valence-electron chi connectivity index (χ2n) is 6.08. The highest BCUT2D eigenvalue weighted by molar-refractivity contribution is 8.00. The van der Waals surface area contributed by atoms with Crippen molar-refractivity contribution in [3.05, 3.63) is 77.6 Å². The van der Waals surface area contributed by atoms with E-state index in [0.29, 0.717) is 17.2 Å². The molecule has 0 amide bonds. The Bertz CT molecular complexity index is 966. The van der Waals surface area contributed by atoms with Crippen molar-refractivity contribution in [3.63, 3.8) is 0 Å². The van der Waals surface area contributed by atoms with E-state index in [0.717, 1.165) is 21.7 Å². The monoisotopic (exact) mass is 471 g/mol. The minimum Gasteiger partial charge on any atom is -0.493 e. The van der Waals surface area contributed by atoms with Gasteiger partial charge in [0, 0.05) is 10.6 Å². The van der Waals surface area contributed by atoms with Gasteiger partial charge in [-0.25, -0.2) is 4.39 Å². The zero-order valence-electron chi connectivity index (χ0n) is 20.4. The molecule has 4 nitrogen and oxygen atoms in total. The van der Waals surface area contributed by atoms with Crippen molar-refractivity contribution >= 4 is 29.8 Å². The van der Waals surface area contributed by atoms with Crippen LogP contribution in [0.15, 0.2) is 65.6 Å². The summed E-state index contributed by atoms with van der Waals surface area (Å²) in [5.41, 5.74) is 2.91. The molecule has 3 aromatic carbocycles. The van der Waals surface area contributed by atoms with Gasteiger partial charge in [0.25, 0.3) is 0 Å². The van der Waals surface area contributed by atoms with E-state index < -0.39 is 0 Å². The molecule has 33 heavy (non-hydrogen) atoms. The first-order valence-corrected chi connectivity index (χ1v) is 11.7. The molecule has 0 radical (unpaired) electrons. The largest absolute Gasteiger partial charge is 0.493 e. The molecule has 0 aliphatic carbocycles. The summed E-state index contributed by atoms with van der Waals surface area (Å²) in [7, 11) is 4.77. The molecule has 6 heteroatoms. The molecule has 0 unspecified atom stereocenters. The molecule has 0 heterocycles. The molecule has 0 fully saturated rings. The van der Waals surface area contributed by atoms with Crippen molar-refractivity contribution in [2.75, 3.05) is 26.1 Å². The maximum atomic E-state index is 13.0. The third-order valence-corrected chi connectivity index (χ3v) is 4.99. The number of rotatable bonds is 8. The number of hydrogen-bond donors (Lipinski definition) is 1. The molecule has 0 aliphatic heterocycles. The van der Waals surface area contributed by atoms with Crippen LogP contribution in [0.3, 0.4) is 0 Å². The maximum Gasteiger partial charge on any atom is 0.203 e. The molecule has 0 bridgehead atoms. The zero-order chi connectivity index (χ0) is 24.6. The van der Waals surface area contributed by atoms with Crippen LogP contribution in [0, 0.1) is 5.82 Å². The highest BCUT2D eigenvalue weighted by Crippen LogP contribution is 2.38. The predicted octanol–water partition coefficient (Wildman–Crippen LogP) is 8.19. The van der Waals surface area contributed by atoms with E-state index >= 15 is 0 Å². The molecule has 0 aromatic heterocycles. The Morgan fingerprint density at radius 1 is 0.727 bits per heavy atom. The number of anilines is 1. The smallest absolute Gasteiger partial charge is 0.203 e. The number of hydrogen-bond acceptors (Lipinski definition) is 5. The minimum atomic E-state index is -0.242. The molecule has 1 N–H and O–H groups in total. The third kappa shape index (κ3) is 8.73. The Hall–Kier alpha value is -3.12. The SMILES string of the molecule is CC.CC.COc1cc(/C=C\c2cccc(NSc3ccc(F)cc3)c2)cc(OC)c1OC. The Morgan fingerprint density at radius 3 is 1.85 bits per heavy atom. The molecule has 3 rings (SSSR count). The van der Waals surface area contributed by atoms with E-state index in [1.807, 2.05) is 76.2 Å². The highest BCUT2D eigenvalue weighted by Gasteiger charge is 2.11. The summed E-state index contributed by atoms with van der Waals surface area (Å²) in [6, 6.07) is 18.2. The average molecular weight is 472 g/mol. The van der Waals surface area contributed by atoms with Crippen LogP contribution in [0.1, 0.15) is 38.8 Å². The first-order chi connectivity index (χ1) is 16.1. The number of halogens is 1. The summed E-state index contributed by atoms with van der Waals surface area (Å²) >= 11 is 1.43. The van der Waals surface area contributed by atoms with Crippen LogP contribution in [0.2, 0.25) is 0 Å². The lowest BCUT2D eigenvalue weighted by Gasteiger charge is -2.12. The molecule has 3 aromatic rings. The summed E-state index contributed by atoms with van der Waals surface area (Å²) in [6.07, 6.45) is 3.99. The average Bonchev–Trinajstić information content (AvgIpc) is 2.89. The minimum absolute atomic E-state index is 0.242. The first-order valence-electron chi connectivity index (χ1n) is 10.9. The molecule has 0 saturated heterocycles. The Labute approximate surface area is 201 Å². The van der Waals surface area contributed by atoms with Crippen LogP contribution in [-0.4, -0.2) is 21.3 Å². The Kier molecular flexibility index (Phi) is 13.2. The molecule has 0 aliphatic rings. The topological polar surface area (TPSA) is 39.7 Å². The van der Waals surface area contributed by atoms with Crippen LogP contribution in [0.5, 0.6) is 17.2 Å². The second kappa shape index (κ2) is 15.6. The highest BCUT2D eigenvalue weighted by atomic mass is 32.2. The summed E-state index contributed by atoms with van der Waals surface area (Å²) in [6.45, 7) is 8.00. The lowest BCUT2D eigenvalue weighted by Crippen LogP contribution is -1.95. The normalized spacial score (nSPS) is 9.82. The van der Waals surface area contributed by atoms with Crippen LogP contribution in [-0.2, 0) is 0 Å². The summed E-state index contributed by atoms with van der Waals surface area (Å²) < 4.78 is 32.4. The van der Waals surface area contributed by atoms with Crippen molar-refractivity contribution in [2.45, 2.75) is 32.6 Å². The lowest BCUT2D eigenvalue weighted by atomic mass is 10.1. The van der Waals surface area contributed by atoms with Gasteiger partial charge < -0.3 is 18.9 Å². The van der Waals surface area contributed by atoms with Crippen molar-refractivity contribution in [2.24, 2.45) is 0 Å². The second-order valence-corrected chi connectivity index (χ2v) is 6.96. The van der Waals surface area contributed by atoms with Gasteiger partial charge >= 0.3 is 0 Å². The van der Waals surface area contributed by atoms with Crippen LogP contribution in [0.4, 0.5) is 10.1 Å². The maximum absolute atomic E-state index is 13.0. The fourth-order valence-electron chi connectivity index (χ4n) is 2.72. The van der Waals surface area contributed by atoms with Gasteiger partial charge in [-0.1, -0.05) is 52.0 Å². The van der Waals surface area contributed by atoms with Crippen molar-refractivity contribution in [1.82, 2.24) is 0 Å². The summed E-state index contributed by atoms with van der Waals surface area (Å²) in [4.78, 5) is 0.935. The predicted molar refractivity (Wildman–Crippen MR) is 140 cm³/mol. The first kappa shape index (κ1) is 27.9. The van der Waals surface area contributed by atoms with Gasteiger partial charge in [-0.3, -0.25) is 0 Å². The van der Waals surface area contributed by atoms with Crippen LogP contribution >= 0.6 is 11.9 Å². The van der Waals surface area contributed by atoms with Gasteiger partial charge in [-0.2, -0.15) is 0 Å². The quantitative estimate of drug-likeness (QED) is 0.265. The van der Waals surface area contributed by atoms with Gasteiger partial charge in [0.05, 0.1) is 21.3 Å². The zero-order valence-corrected chi connectivity index (χ0v) is 21.3. The standard InChI is InChI=1S/C23H22FNO3S.2C2H6/c1-26-21-14-17(15-22(27-2)23(21)28-3)8-7-16-5-4-6-19(13-16)25-29-20-11-9-18(24)10-12-20;2*1-2/h4-15,25H,1-3H3;2*1-2H3/b8-7-;;. The van der Waals surface area contributed by atoms with E-state index in [-0.39, 0.29) is 5.82 Å². The molecule has 178 valence electrons. The van der Waals surface area contributed by atoms with Gasteiger partial charge in [0.15, 0.2) is 11.5 Å². The van der Waals surface area contributed by atoms with Gasteiger partial charge in [0.1, 0.15) is 5.82 Å². The molecular weight excluding hydrogens is 437 g/mol. The summed E-state index contributed by atoms with van der Waals surface area (Å²) in [5, 5.41) is 0. The van der Waals surface area contributed by atoms with Gasteiger partial charge in [-0.15, -0.1) is 0 Å². The number of methoxy groups -OCH3 is 3. The van der Waals surface area contributed by atoms with Gasteiger partial charge in [0.2, 0.25) is 5.75 Å². The molecule has 0 atom stereocenters. The van der Waals surface area contributed by atoms with E-state index in [4.69, 9.17) is 14.2 Å². The number of nitrogens with one attached hydrogen (secondary N) is 1. The van der Waals surface area contributed by atoms with Crippen molar-refractivity contribution in [3.8, 4) is 17.2 Å². The molecule has 0 saturated carbocycles. The van der Waals surface area contributed by atoms with Crippen LogP contribution < -0.4 is 18.9 Å². The summed E-state index contributed by atoms with van der Waals surface area (Å²) in [5.74, 6) is 1.54. The Morgan fingerprint density at radius 2 is 1.30 bits per heavy atom. The molecule has 0 spiro atoms. The third-order valence-electron chi connectivity index (χ3n) is 4.14. The number of benzene rings is 3. The molecular formula is C27H34FNO3S.